The first-order chi connectivity index (χ1) is 12.4. The van der Waals surface area contributed by atoms with Crippen molar-refractivity contribution in [1.29, 1.82) is 0 Å². The van der Waals surface area contributed by atoms with Crippen LogP contribution in [-0.4, -0.2) is 10.1 Å². The maximum absolute atomic E-state index is 6.63. The second-order valence-corrected chi connectivity index (χ2v) is 8.85. The lowest BCUT2D eigenvalue weighted by Gasteiger charge is -2.22. The first-order valence-corrected chi connectivity index (χ1v) is 10.2. The molecule has 0 saturated heterocycles. The predicted octanol–water partition coefficient (Wildman–Crippen LogP) is 3.17. The van der Waals surface area contributed by atoms with Gasteiger partial charge in [0.2, 0.25) is 0 Å². The van der Waals surface area contributed by atoms with Gasteiger partial charge >= 0.3 is 0 Å². The van der Waals surface area contributed by atoms with E-state index in [0.717, 1.165) is 32.2 Å². The van der Waals surface area contributed by atoms with Crippen LogP contribution in [0, 0.1) is 11.8 Å². The molecule has 2 aliphatic rings. The van der Waals surface area contributed by atoms with E-state index in [1.165, 1.54) is 28.1 Å². The van der Waals surface area contributed by atoms with Crippen LogP contribution in [0.5, 0.6) is 0 Å². The van der Waals surface area contributed by atoms with Gasteiger partial charge in [0.15, 0.2) is 0 Å². The van der Waals surface area contributed by atoms with Crippen molar-refractivity contribution in [3.05, 3.63) is 57.7 Å². The van der Waals surface area contributed by atoms with Crippen LogP contribution in [0.15, 0.2) is 30.3 Å². The summed E-state index contributed by atoms with van der Waals surface area (Å²) in [6, 6.07) is 10.9. The summed E-state index contributed by atoms with van der Waals surface area (Å²) in [5, 5.41) is 2.94. The van der Waals surface area contributed by atoms with Crippen molar-refractivity contribution in [2.24, 2.45) is 17.6 Å². The van der Waals surface area contributed by atoms with Crippen molar-refractivity contribution in [3.8, 4) is 0 Å². The Labute approximate surface area is 157 Å². The van der Waals surface area contributed by atoms with Crippen molar-refractivity contribution in [1.82, 2.24) is 4.57 Å². The van der Waals surface area contributed by atoms with Crippen LogP contribution in [0.3, 0.4) is 0 Å². The van der Waals surface area contributed by atoms with Gasteiger partial charge < -0.3 is 10.3 Å². The Morgan fingerprint density at radius 3 is 2.62 bits per heavy atom. The number of hydrogen-bond donors (Lipinski definition) is 1. The van der Waals surface area contributed by atoms with Crippen molar-refractivity contribution < 1.29 is 0 Å². The van der Waals surface area contributed by atoms with E-state index >= 15 is 0 Å². The Bertz CT molecular complexity index is 902. The normalized spacial score (nSPS) is 27.7. The predicted molar refractivity (Wildman–Crippen MR) is 110 cm³/mol. The minimum Gasteiger partial charge on any atom is -0.344 e. The molecule has 0 aliphatic heterocycles. The summed E-state index contributed by atoms with van der Waals surface area (Å²) in [6.45, 7) is 7.98. The summed E-state index contributed by atoms with van der Waals surface area (Å²) in [5.74, 6) is 1.20. The molecule has 3 atom stereocenters. The molecule has 2 aromatic rings. The van der Waals surface area contributed by atoms with Gasteiger partial charge in [-0.05, 0) is 67.2 Å². The zero-order chi connectivity index (χ0) is 18.3. The first kappa shape index (κ1) is 17.6. The topological polar surface area (TPSA) is 30.9 Å². The van der Waals surface area contributed by atoms with Crippen LogP contribution in [0.1, 0.15) is 50.4 Å². The highest BCUT2D eigenvalue weighted by atomic mass is 15.0. The lowest BCUT2D eigenvalue weighted by molar-refractivity contribution is 0.427. The van der Waals surface area contributed by atoms with Gasteiger partial charge in [-0.2, -0.15) is 0 Å². The Kier molecular flexibility index (Phi) is 4.56. The highest BCUT2D eigenvalue weighted by Gasteiger charge is 2.28. The zero-order valence-electron chi connectivity index (χ0n) is 16.5. The molecule has 2 heteroatoms. The van der Waals surface area contributed by atoms with E-state index in [0.29, 0.717) is 11.8 Å². The van der Waals surface area contributed by atoms with E-state index in [2.05, 4.69) is 67.8 Å². The van der Waals surface area contributed by atoms with Crippen LogP contribution < -0.4 is 16.3 Å². The maximum atomic E-state index is 6.63. The number of rotatable bonds is 3. The summed E-state index contributed by atoms with van der Waals surface area (Å²) >= 11 is 0. The molecule has 138 valence electrons. The highest BCUT2D eigenvalue weighted by molar-refractivity contribution is 5.47. The molecule has 2 nitrogen and oxygen atoms in total. The Hall–Kier alpha value is -1.80. The minimum atomic E-state index is -0.0786. The molecule has 0 fully saturated rings. The van der Waals surface area contributed by atoms with Gasteiger partial charge in [0.1, 0.15) is 0 Å². The molecule has 1 heterocycles. The Morgan fingerprint density at radius 1 is 1.12 bits per heavy atom. The van der Waals surface area contributed by atoms with Crippen molar-refractivity contribution in [2.75, 3.05) is 0 Å². The molecule has 0 bridgehead atoms. The quantitative estimate of drug-likeness (QED) is 0.849. The van der Waals surface area contributed by atoms with Gasteiger partial charge in [-0.25, -0.2) is 0 Å². The monoisotopic (exact) mass is 348 g/mol. The maximum Gasteiger partial charge on any atom is 0.0444 e. The number of aryl methyl sites for hydroxylation is 1. The molecule has 2 N–H and O–H groups in total. The minimum absolute atomic E-state index is 0.0786. The average molecular weight is 349 g/mol. The largest absolute Gasteiger partial charge is 0.344 e. The van der Waals surface area contributed by atoms with E-state index in [1.54, 1.807) is 5.69 Å². The smallest absolute Gasteiger partial charge is 0.0444 e. The average Bonchev–Trinajstić information content (AvgIpc) is 2.76. The number of nitrogens with two attached hydrogens (primary N) is 1. The number of fused-ring (bicyclic) bond motifs is 3. The van der Waals surface area contributed by atoms with Gasteiger partial charge in [0.05, 0.1) is 0 Å². The fourth-order valence-electron chi connectivity index (χ4n) is 4.72. The van der Waals surface area contributed by atoms with E-state index in [4.69, 9.17) is 5.73 Å². The molecule has 26 heavy (non-hydrogen) atoms. The van der Waals surface area contributed by atoms with E-state index < -0.39 is 0 Å². The van der Waals surface area contributed by atoms with Gasteiger partial charge in [-0.1, -0.05) is 56.3 Å². The van der Waals surface area contributed by atoms with Crippen LogP contribution >= 0.6 is 0 Å². The van der Waals surface area contributed by atoms with Crippen LogP contribution in [-0.2, 0) is 25.8 Å². The Morgan fingerprint density at radius 2 is 1.85 bits per heavy atom. The van der Waals surface area contributed by atoms with Gasteiger partial charge in [0.25, 0.3) is 0 Å². The third kappa shape index (κ3) is 3.27. The second kappa shape index (κ2) is 6.74. The molecule has 1 aromatic heterocycles. The fraction of sp³-hybridized carbons (Fsp3) is 0.500. The fourth-order valence-corrected chi connectivity index (χ4v) is 4.72. The number of nitrogens with zero attached hydrogens (tertiary/aromatic N) is 1. The van der Waals surface area contributed by atoms with E-state index in [9.17, 15) is 0 Å². The molecule has 0 amide bonds. The lowest BCUT2D eigenvalue weighted by atomic mass is 9.87. The Balaban J connectivity index is 1.81. The number of benzene rings is 1. The van der Waals surface area contributed by atoms with Crippen molar-refractivity contribution >= 4 is 12.2 Å². The van der Waals surface area contributed by atoms with Gasteiger partial charge in [-0.15, -0.1) is 0 Å². The molecule has 0 radical (unpaired) electrons. The summed E-state index contributed by atoms with van der Waals surface area (Å²) in [7, 11) is 0. The zero-order valence-corrected chi connectivity index (χ0v) is 16.5. The van der Waals surface area contributed by atoms with Crippen LogP contribution in [0.4, 0.5) is 0 Å². The number of aromatic nitrogens is 1. The van der Waals surface area contributed by atoms with E-state index in [1.807, 2.05) is 0 Å². The van der Waals surface area contributed by atoms with Crippen molar-refractivity contribution in [2.45, 2.75) is 65.0 Å². The van der Waals surface area contributed by atoms with Gasteiger partial charge in [-0.3, -0.25) is 0 Å². The standard InChI is InChI=1S/C24H32N2/c1-17-14-20-21-16-24(3,25)12-7-10-22(21)26(23(20)15-18(17)2)13-11-19-8-5-4-6-9-19/h4-6,8-9,14-15,17-18H,7,10-13,16,25H2,1-3H3. The summed E-state index contributed by atoms with van der Waals surface area (Å²) in [4.78, 5) is 0. The van der Waals surface area contributed by atoms with Crippen LogP contribution in [0.2, 0.25) is 0 Å². The van der Waals surface area contributed by atoms with E-state index in [-0.39, 0.29) is 5.54 Å². The molecule has 2 aliphatic carbocycles. The first-order valence-electron chi connectivity index (χ1n) is 10.2. The molecular weight excluding hydrogens is 316 g/mol. The summed E-state index contributed by atoms with van der Waals surface area (Å²) < 4.78 is 2.62. The van der Waals surface area contributed by atoms with Gasteiger partial charge in [0, 0.05) is 23.1 Å². The molecule has 3 unspecified atom stereocenters. The third-order valence-electron chi connectivity index (χ3n) is 6.45. The SMILES string of the molecule is CC1C=c2c3c(n(CCc4ccccc4)c2=CC1C)CCCC(C)(N)C3. The number of hydrogen-bond acceptors (Lipinski definition) is 1. The van der Waals surface area contributed by atoms with Crippen LogP contribution in [0.25, 0.3) is 12.2 Å². The second-order valence-electron chi connectivity index (χ2n) is 8.85. The molecule has 0 saturated carbocycles. The highest BCUT2D eigenvalue weighted by Crippen LogP contribution is 2.26. The summed E-state index contributed by atoms with van der Waals surface area (Å²) in [6.07, 6.45) is 10.6. The summed E-state index contributed by atoms with van der Waals surface area (Å²) in [5.41, 5.74) is 11.1. The molecule has 1 aromatic carbocycles. The molecule has 0 spiro atoms. The lowest BCUT2D eigenvalue weighted by Crippen LogP contribution is -2.41. The molecule has 4 rings (SSSR count). The third-order valence-corrected chi connectivity index (χ3v) is 6.45. The molecular formula is C24H32N2. The van der Waals surface area contributed by atoms with Crippen molar-refractivity contribution in [3.63, 3.8) is 0 Å².